The molecule has 0 aliphatic rings. The Balaban J connectivity index is 2.13. The molecular weight excluding hydrogens is 204 g/mol. The Morgan fingerprint density at radius 2 is 2.38 bits per heavy atom. The molecule has 0 unspecified atom stereocenters. The van der Waals surface area contributed by atoms with Crippen LogP contribution in [0.1, 0.15) is 12.5 Å². The van der Waals surface area contributed by atoms with Crippen molar-refractivity contribution in [2.75, 3.05) is 5.32 Å². The number of carbonyl (C=O) groups is 1. The van der Waals surface area contributed by atoms with Gasteiger partial charge in [-0.15, -0.1) is 5.10 Å². The summed E-state index contributed by atoms with van der Waals surface area (Å²) >= 11 is 0. The number of rotatable bonds is 3. The van der Waals surface area contributed by atoms with Crippen molar-refractivity contribution in [1.82, 2.24) is 15.0 Å². The summed E-state index contributed by atoms with van der Waals surface area (Å²) < 4.78 is 1.73. The summed E-state index contributed by atoms with van der Waals surface area (Å²) in [5, 5.41) is 10.4. The molecule has 0 spiro atoms. The molecule has 2 aromatic rings. The van der Waals surface area contributed by atoms with E-state index < -0.39 is 0 Å². The maximum atomic E-state index is 10.9. The van der Waals surface area contributed by atoms with E-state index in [1.165, 1.54) is 6.92 Å². The average Bonchev–Trinajstić information content (AvgIpc) is 2.70. The summed E-state index contributed by atoms with van der Waals surface area (Å²) in [5.74, 6) is -0.0714. The van der Waals surface area contributed by atoms with E-state index >= 15 is 0 Å². The van der Waals surface area contributed by atoms with E-state index in [1.807, 2.05) is 24.3 Å². The average molecular weight is 216 g/mol. The van der Waals surface area contributed by atoms with Crippen LogP contribution >= 0.6 is 0 Å². The van der Waals surface area contributed by atoms with E-state index in [9.17, 15) is 4.79 Å². The molecule has 0 radical (unpaired) electrons. The van der Waals surface area contributed by atoms with Gasteiger partial charge in [0.05, 0.1) is 12.7 Å². The first kappa shape index (κ1) is 10.4. The van der Waals surface area contributed by atoms with Crippen molar-refractivity contribution >= 4 is 11.6 Å². The summed E-state index contributed by atoms with van der Waals surface area (Å²) in [6, 6.07) is 7.65. The van der Waals surface area contributed by atoms with E-state index in [4.69, 9.17) is 0 Å². The summed E-state index contributed by atoms with van der Waals surface area (Å²) in [6.07, 6.45) is 3.43. The molecule has 0 saturated heterocycles. The number of amides is 1. The zero-order valence-corrected chi connectivity index (χ0v) is 8.92. The van der Waals surface area contributed by atoms with Gasteiger partial charge in [-0.1, -0.05) is 17.3 Å². The van der Waals surface area contributed by atoms with Gasteiger partial charge in [0.25, 0.3) is 0 Å². The minimum Gasteiger partial charge on any atom is -0.326 e. The highest BCUT2D eigenvalue weighted by Gasteiger charge is 1.99. The van der Waals surface area contributed by atoms with Crippen LogP contribution in [0.25, 0.3) is 0 Å². The second-order valence-electron chi connectivity index (χ2n) is 3.48. The van der Waals surface area contributed by atoms with Crippen LogP contribution in [0, 0.1) is 0 Å². The topological polar surface area (TPSA) is 59.8 Å². The predicted molar refractivity (Wildman–Crippen MR) is 59.9 cm³/mol. The monoisotopic (exact) mass is 216 g/mol. The van der Waals surface area contributed by atoms with E-state index in [0.29, 0.717) is 6.54 Å². The molecule has 0 bridgehead atoms. The van der Waals surface area contributed by atoms with Crippen LogP contribution in [-0.2, 0) is 11.3 Å². The van der Waals surface area contributed by atoms with Crippen LogP contribution in [0.2, 0.25) is 0 Å². The maximum absolute atomic E-state index is 10.9. The third kappa shape index (κ3) is 2.66. The van der Waals surface area contributed by atoms with E-state index in [2.05, 4.69) is 15.6 Å². The Labute approximate surface area is 93.1 Å². The van der Waals surface area contributed by atoms with Crippen molar-refractivity contribution in [1.29, 1.82) is 0 Å². The van der Waals surface area contributed by atoms with Crippen LogP contribution < -0.4 is 5.32 Å². The number of aromatic nitrogens is 3. The predicted octanol–water partition coefficient (Wildman–Crippen LogP) is 1.28. The standard InChI is InChI=1S/C11H12N4O/c1-9(16)13-11-4-2-3-10(7-11)8-15-6-5-12-14-15/h2-7H,8H2,1H3,(H,13,16). The number of nitrogens with one attached hydrogen (secondary N) is 1. The van der Waals surface area contributed by atoms with E-state index in [1.54, 1.807) is 17.1 Å². The lowest BCUT2D eigenvalue weighted by Gasteiger charge is -2.05. The lowest BCUT2D eigenvalue weighted by Crippen LogP contribution is -2.06. The van der Waals surface area contributed by atoms with Crippen LogP contribution in [0.5, 0.6) is 0 Å². The van der Waals surface area contributed by atoms with Gasteiger partial charge in [0.2, 0.25) is 5.91 Å². The molecule has 1 aromatic heterocycles. The van der Waals surface area contributed by atoms with Gasteiger partial charge in [-0.05, 0) is 17.7 Å². The summed E-state index contributed by atoms with van der Waals surface area (Å²) in [6.45, 7) is 2.14. The molecule has 0 fully saturated rings. The number of carbonyl (C=O) groups excluding carboxylic acids is 1. The number of hydrogen-bond donors (Lipinski definition) is 1. The number of nitrogens with zero attached hydrogens (tertiary/aromatic N) is 3. The van der Waals surface area contributed by atoms with Gasteiger partial charge in [-0.25, -0.2) is 4.68 Å². The highest BCUT2D eigenvalue weighted by atomic mass is 16.1. The normalized spacial score (nSPS) is 10.1. The fourth-order valence-corrected chi connectivity index (χ4v) is 1.45. The molecule has 0 saturated carbocycles. The lowest BCUT2D eigenvalue weighted by molar-refractivity contribution is -0.114. The van der Waals surface area contributed by atoms with Crippen LogP contribution in [0.3, 0.4) is 0 Å². The molecule has 2 rings (SSSR count). The minimum absolute atomic E-state index is 0.0714. The van der Waals surface area contributed by atoms with Gasteiger partial charge < -0.3 is 5.32 Å². The first-order chi connectivity index (χ1) is 7.74. The van der Waals surface area contributed by atoms with Crippen molar-refractivity contribution in [2.24, 2.45) is 0 Å². The zero-order chi connectivity index (χ0) is 11.4. The number of anilines is 1. The van der Waals surface area contributed by atoms with Gasteiger partial charge in [0, 0.05) is 18.8 Å². The lowest BCUT2D eigenvalue weighted by atomic mass is 10.2. The molecule has 0 aliphatic carbocycles. The van der Waals surface area contributed by atoms with Crippen molar-refractivity contribution < 1.29 is 4.79 Å². The quantitative estimate of drug-likeness (QED) is 0.840. The first-order valence-corrected chi connectivity index (χ1v) is 4.95. The Morgan fingerprint density at radius 3 is 3.06 bits per heavy atom. The van der Waals surface area contributed by atoms with Crippen molar-refractivity contribution in [3.8, 4) is 0 Å². The summed E-state index contributed by atoms with van der Waals surface area (Å²) in [5.41, 5.74) is 1.86. The smallest absolute Gasteiger partial charge is 0.221 e. The molecule has 5 nitrogen and oxygen atoms in total. The van der Waals surface area contributed by atoms with E-state index in [0.717, 1.165) is 11.3 Å². The van der Waals surface area contributed by atoms with Gasteiger partial charge in [0.15, 0.2) is 0 Å². The second kappa shape index (κ2) is 4.57. The molecule has 82 valence electrons. The van der Waals surface area contributed by atoms with Crippen LogP contribution in [0.15, 0.2) is 36.7 Å². The molecular formula is C11H12N4O. The zero-order valence-electron chi connectivity index (χ0n) is 8.92. The minimum atomic E-state index is -0.0714. The van der Waals surface area contributed by atoms with Gasteiger partial charge >= 0.3 is 0 Å². The Hall–Kier alpha value is -2.17. The molecule has 0 aliphatic heterocycles. The van der Waals surface area contributed by atoms with Gasteiger partial charge in [0.1, 0.15) is 0 Å². The maximum Gasteiger partial charge on any atom is 0.221 e. The van der Waals surface area contributed by atoms with E-state index in [-0.39, 0.29) is 5.91 Å². The third-order valence-corrected chi connectivity index (χ3v) is 2.06. The molecule has 5 heteroatoms. The second-order valence-corrected chi connectivity index (χ2v) is 3.48. The summed E-state index contributed by atoms with van der Waals surface area (Å²) in [7, 11) is 0. The number of benzene rings is 1. The molecule has 1 N–H and O–H groups in total. The molecule has 16 heavy (non-hydrogen) atoms. The molecule has 1 amide bonds. The Bertz CT molecular complexity index is 478. The third-order valence-electron chi connectivity index (χ3n) is 2.06. The fourth-order valence-electron chi connectivity index (χ4n) is 1.45. The first-order valence-electron chi connectivity index (χ1n) is 4.95. The largest absolute Gasteiger partial charge is 0.326 e. The van der Waals surface area contributed by atoms with Gasteiger partial charge in [-0.3, -0.25) is 4.79 Å². The van der Waals surface area contributed by atoms with Crippen molar-refractivity contribution in [3.63, 3.8) is 0 Å². The Morgan fingerprint density at radius 1 is 1.50 bits per heavy atom. The Kier molecular flexibility index (Phi) is 2.95. The highest BCUT2D eigenvalue weighted by molar-refractivity contribution is 5.88. The molecule has 1 heterocycles. The highest BCUT2D eigenvalue weighted by Crippen LogP contribution is 2.11. The van der Waals surface area contributed by atoms with Crippen molar-refractivity contribution in [3.05, 3.63) is 42.2 Å². The van der Waals surface area contributed by atoms with Crippen LogP contribution in [0.4, 0.5) is 5.69 Å². The van der Waals surface area contributed by atoms with Crippen LogP contribution in [-0.4, -0.2) is 20.9 Å². The molecule has 1 aromatic carbocycles. The molecule has 0 atom stereocenters. The van der Waals surface area contributed by atoms with Crippen molar-refractivity contribution in [2.45, 2.75) is 13.5 Å². The van der Waals surface area contributed by atoms with Gasteiger partial charge in [-0.2, -0.15) is 0 Å². The fraction of sp³-hybridized carbons (Fsp3) is 0.182. The summed E-state index contributed by atoms with van der Waals surface area (Å²) in [4.78, 5) is 10.9. The number of hydrogen-bond acceptors (Lipinski definition) is 3. The SMILES string of the molecule is CC(=O)Nc1cccc(Cn2ccnn2)c1.